The van der Waals surface area contributed by atoms with Crippen LogP contribution in [0.3, 0.4) is 0 Å². The summed E-state index contributed by atoms with van der Waals surface area (Å²) in [6.45, 7) is 2.37. The van der Waals surface area contributed by atoms with Crippen molar-refractivity contribution in [2.75, 3.05) is 26.3 Å². The van der Waals surface area contributed by atoms with Crippen LogP contribution in [-0.4, -0.2) is 56.4 Å². The van der Waals surface area contributed by atoms with Crippen molar-refractivity contribution in [2.45, 2.75) is 10.9 Å². The Hall–Kier alpha value is -2.58. The van der Waals surface area contributed by atoms with Crippen LogP contribution in [-0.2, 0) is 10.5 Å². The van der Waals surface area contributed by atoms with Crippen LogP contribution in [0.25, 0.3) is 11.5 Å². The van der Waals surface area contributed by atoms with E-state index in [0.29, 0.717) is 37.8 Å². The van der Waals surface area contributed by atoms with Crippen LogP contribution in [0, 0.1) is 0 Å². The number of hydrogen-bond acceptors (Lipinski definition) is 5. The molecule has 0 N–H and O–H groups in total. The Bertz CT molecular complexity index is 959. The third-order valence-corrected chi connectivity index (χ3v) is 5.63. The second-order valence-electron chi connectivity index (χ2n) is 6.17. The second kappa shape index (κ2) is 6.30. The quantitative estimate of drug-likeness (QED) is 0.694. The normalized spacial score (nSPS) is 16.2. The summed E-state index contributed by atoms with van der Waals surface area (Å²) in [6, 6.07) is 9.90. The van der Waals surface area contributed by atoms with Crippen molar-refractivity contribution in [3.8, 4) is 11.5 Å². The number of carbonyl (C=O) groups excluding carboxylic acids is 1. The van der Waals surface area contributed by atoms with Crippen LogP contribution in [0.5, 0.6) is 0 Å². The molecule has 132 valence electrons. The number of fused-ring (bicyclic) bond motifs is 3. The molecule has 7 nitrogen and oxygen atoms in total. The van der Waals surface area contributed by atoms with Crippen molar-refractivity contribution < 1.29 is 9.53 Å². The maximum absolute atomic E-state index is 13.1. The van der Waals surface area contributed by atoms with Gasteiger partial charge in [-0.25, -0.2) is 9.67 Å². The third-order valence-electron chi connectivity index (χ3n) is 4.64. The smallest absolute Gasteiger partial charge is 0.274 e. The lowest BCUT2D eigenvalue weighted by Crippen LogP contribution is -2.41. The zero-order valence-electron chi connectivity index (χ0n) is 14.0. The van der Waals surface area contributed by atoms with E-state index in [2.05, 4.69) is 4.98 Å². The van der Waals surface area contributed by atoms with Gasteiger partial charge in [0.15, 0.2) is 10.9 Å². The molecular weight excluding hydrogens is 350 g/mol. The molecule has 0 unspecified atom stereocenters. The maximum atomic E-state index is 13.1. The van der Waals surface area contributed by atoms with Crippen molar-refractivity contribution in [1.82, 2.24) is 24.2 Å². The fraction of sp³-hybridized carbons (Fsp3) is 0.278. The van der Waals surface area contributed by atoms with E-state index in [9.17, 15) is 4.79 Å². The molecule has 2 aliphatic heterocycles. The zero-order valence-corrected chi connectivity index (χ0v) is 14.9. The molecule has 1 saturated heterocycles. The van der Waals surface area contributed by atoms with Crippen molar-refractivity contribution in [3.05, 3.63) is 54.0 Å². The van der Waals surface area contributed by atoms with Gasteiger partial charge in [-0.2, -0.15) is 5.10 Å². The zero-order chi connectivity index (χ0) is 17.5. The molecule has 5 rings (SSSR count). The summed E-state index contributed by atoms with van der Waals surface area (Å²) < 4.78 is 9.24. The largest absolute Gasteiger partial charge is 0.378 e. The number of thioether (sulfide) groups is 1. The van der Waals surface area contributed by atoms with Gasteiger partial charge in [-0.3, -0.25) is 9.36 Å². The van der Waals surface area contributed by atoms with Gasteiger partial charge < -0.3 is 9.64 Å². The predicted molar refractivity (Wildman–Crippen MR) is 97.0 cm³/mol. The van der Waals surface area contributed by atoms with E-state index in [1.165, 1.54) is 0 Å². The summed E-state index contributed by atoms with van der Waals surface area (Å²) in [5.41, 5.74) is 2.41. The first kappa shape index (κ1) is 15.7. The number of imidazole rings is 1. The summed E-state index contributed by atoms with van der Waals surface area (Å²) in [6.07, 6.45) is 3.70. The summed E-state index contributed by atoms with van der Waals surface area (Å²) in [4.78, 5) is 19.4. The molecule has 3 aromatic rings. The lowest BCUT2D eigenvalue weighted by molar-refractivity contribution is 0.0298. The Kier molecular flexibility index (Phi) is 3.79. The Morgan fingerprint density at radius 1 is 1.15 bits per heavy atom. The minimum atomic E-state index is -0.0246. The van der Waals surface area contributed by atoms with Crippen molar-refractivity contribution in [3.63, 3.8) is 0 Å². The Balaban J connectivity index is 1.67. The van der Waals surface area contributed by atoms with E-state index < -0.39 is 0 Å². The van der Waals surface area contributed by atoms with Crippen molar-refractivity contribution >= 4 is 17.7 Å². The molecule has 1 amide bonds. The number of nitrogens with zero attached hydrogens (tertiary/aromatic N) is 5. The number of amides is 1. The first-order valence-electron chi connectivity index (χ1n) is 8.54. The van der Waals surface area contributed by atoms with Crippen LogP contribution >= 0.6 is 11.8 Å². The molecule has 4 heterocycles. The SMILES string of the molecule is O=C(c1nn(-c2ccccc2)c2c1CSc1nccn1-2)N1CCOCC1. The highest BCUT2D eigenvalue weighted by Gasteiger charge is 2.32. The van der Waals surface area contributed by atoms with Crippen LogP contribution < -0.4 is 0 Å². The first-order valence-corrected chi connectivity index (χ1v) is 9.52. The van der Waals surface area contributed by atoms with Gasteiger partial charge in [0.25, 0.3) is 5.91 Å². The molecule has 0 aliphatic carbocycles. The van der Waals surface area contributed by atoms with Crippen molar-refractivity contribution in [1.29, 1.82) is 0 Å². The second-order valence-corrected chi connectivity index (χ2v) is 7.11. The van der Waals surface area contributed by atoms with Gasteiger partial charge >= 0.3 is 0 Å². The fourth-order valence-electron chi connectivity index (χ4n) is 3.35. The number of rotatable bonds is 2. The molecule has 0 radical (unpaired) electrons. The van der Waals surface area contributed by atoms with Gasteiger partial charge in [-0.05, 0) is 12.1 Å². The monoisotopic (exact) mass is 367 g/mol. The van der Waals surface area contributed by atoms with Crippen LogP contribution in [0.2, 0.25) is 0 Å². The molecule has 1 aromatic carbocycles. The Morgan fingerprint density at radius 3 is 2.77 bits per heavy atom. The number of hydrogen-bond donors (Lipinski definition) is 0. The highest BCUT2D eigenvalue weighted by molar-refractivity contribution is 7.98. The maximum Gasteiger partial charge on any atom is 0.274 e. The van der Waals surface area contributed by atoms with E-state index in [-0.39, 0.29) is 5.91 Å². The van der Waals surface area contributed by atoms with E-state index in [1.807, 2.05) is 50.7 Å². The Labute approximate surface area is 154 Å². The minimum Gasteiger partial charge on any atom is -0.378 e. The van der Waals surface area contributed by atoms with Gasteiger partial charge in [0.05, 0.1) is 18.9 Å². The first-order chi connectivity index (χ1) is 12.8. The fourth-order valence-corrected chi connectivity index (χ4v) is 4.31. The highest BCUT2D eigenvalue weighted by Crippen LogP contribution is 2.36. The summed E-state index contributed by atoms with van der Waals surface area (Å²) in [5.74, 6) is 1.56. The minimum absolute atomic E-state index is 0.0246. The standard InChI is InChI=1S/C18H17N5O2S/c24-17(21-8-10-25-11-9-21)15-14-12-26-18-19-6-7-22(18)16(14)23(20-15)13-4-2-1-3-5-13/h1-7H,8-12H2. The lowest BCUT2D eigenvalue weighted by atomic mass is 10.2. The van der Waals surface area contributed by atoms with E-state index in [1.54, 1.807) is 18.0 Å². The number of aromatic nitrogens is 4. The average molecular weight is 367 g/mol. The van der Waals surface area contributed by atoms with E-state index in [4.69, 9.17) is 9.84 Å². The lowest BCUT2D eigenvalue weighted by Gasteiger charge is -2.26. The van der Waals surface area contributed by atoms with Crippen LogP contribution in [0.15, 0.2) is 47.9 Å². The summed E-state index contributed by atoms with van der Waals surface area (Å²) >= 11 is 1.63. The van der Waals surface area contributed by atoms with Gasteiger partial charge in [0.2, 0.25) is 0 Å². The van der Waals surface area contributed by atoms with Gasteiger partial charge in [0.1, 0.15) is 5.82 Å². The number of carbonyl (C=O) groups is 1. The van der Waals surface area contributed by atoms with Gasteiger partial charge in [-0.15, -0.1) is 0 Å². The van der Waals surface area contributed by atoms with Crippen LogP contribution in [0.4, 0.5) is 0 Å². The van der Waals surface area contributed by atoms with Crippen molar-refractivity contribution in [2.24, 2.45) is 0 Å². The number of benzene rings is 1. The molecule has 2 aliphatic rings. The topological polar surface area (TPSA) is 65.2 Å². The molecule has 2 aromatic heterocycles. The number of ether oxygens (including phenoxy) is 1. The number of morpholine rings is 1. The molecule has 26 heavy (non-hydrogen) atoms. The molecular formula is C18H17N5O2S. The summed E-state index contributed by atoms with van der Waals surface area (Å²) in [7, 11) is 0. The van der Waals surface area contributed by atoms with E-state index in [0.717, 1.165) is 22.2 Å². The molecule has 0 atom stereocenters. The predicted octanol–water partition coefficient (Wildman–Crippen LogP) is 2.14. The molecule has 0 bridgehead atoms. The molecule has 8 heteroatoms. The molecule has 0 spiro atoms. The summed E-state index contributed by atoms with van der Waals surface area (Å²) in [5, 5.41) is 5.65. The Morgan fingerprint density at radius 2 is 1.96 bits per heavy atom. The molecule has 1 fully saturated rings. The van der Waals surface area contributed by atoms with E-state index >= 15 is 0 Å². The van der Waals surface area contributed by atoms with Crippen LogP contribution in [0.1, 0.15) is 16.1 Å². The molecule has 0 saturated carbocycles. The number of para-hydroxylation sites is 1. The van der Waals surface area contributed by atoms with Gasteiger partial charge in [-0.1, -0.05) is 30.0 Å². The highest BCUT2D eigenvalue weighted by atomic mass is 32.2. The van der Waals surface area contributed by atoms with Gasteiger partial charge in [0, 0.05) is 36.8 Å². The third kappa shape index (κ3) is 2.45. The average Bonchev–Trinajstić information content (AvgIpc) is 3.33.